The SMILES string of the molecule is CCCc1noc(C2CCCCCC2O)n1. The first-order valence-electron chi connectivity index (χ1n) is 6.31. The Morgan fingerprint density at radius 1 is 1.31 bits per heavy atom. The molecule has 0 bridgehead atoms. The molecule has 0 amide bonds. The van der Waals surface area contributed by atoms with E-state index >= 15 is 0 Å². The topological polar surface area (TPSA) is 59.2 Å². The minimum absolute atomic E-state index is 0.0561. The number of hydrogen-bond acceptors (Lipinski definition) is 4. The van der Waals surface area contributed by atoms with Crippen LogP contribution in [0, 0.1) is 0 Å². The van der Waals surface area contributed by atoms with Crippen LogP contribution in [0.15, 0.2) is 4.52 Å². The molecule has 2 rings (SSSR count). The number of nitrogens with zero attached hydrogens (tertiary/aromatic N) is 2. The second-order valence-corrected chi connectivity index (χ2v) is 4.61. The molecule has 0 spiro atoms. The van der Waals surface area contributed by atoms with Gasteiger partial charge in [0, 0.05) is 6.42 Å². The third-order valence-corrected chi connectivity index (χ3v) is 3.25. The zero-order valence-corrected chi connectivity index (χ0v) is 9.85. The fourth-order valence-corrected chi connectivity index (χ4v) is 2.32. The fourth-order valence-electron chi connectivity index (χ4n) is 2.32. The van der Waals surface area contributed by atoms with Crippen LogP contribution in [0.1, 0.15) is 63.1 Å². The van der Waals surface area contributed by atoms with Crippen LogP contribution in [0.2, 0.25) is 0 Å². The number of aliphatic hydroxyl groups is 1. The molecular weight excluding hydrogens is 204 g/mol. The van der Waals surface area contributed by atoms with Gasteiger partial charge < -0.3 is 9.63 Å². The minimum Gasteiger partial charge on any atom is -0.392 e. The van der Waals surface area contributed by atoms with E-state index in [1.54, 1.807) is 0 Å². The summed E-state index contributed by atoms with van der Waals surface area (Å²) in [6.07, 6.45) is 6.84. The summed E-state index contributed by atoms with van der Waals surface area (Å²) in [5.74, 6) is 1.47. The number of hydrogen-bond donors (Lipinski definition) is 1. The maximum Gasteiger partial charge on any atom is 0.232 e. The highest BCUT2D eigenvalue weighted by molar-refractivity contribution is 4.98. The van der Waals surface area contributed by atoms with Crippen LogP contribution >= 0.6 is 0 Å². The Bertz CT molecular complexity index is 325. The van der Waals surface area contributed by atoms with Gasteiger partial charge in [0.05, 0.1) is 12.0 Å². The molecule has 4 heteroatoms. The van der Waals surface area contributed by atoms with Crippen LogP contribution in [-0.2, 0) is 6.42 Å². The molecule has 1 heterocycles. The van der Waals surface area contributed by atoms with Crippen molar-refractivity contribution in [2.24, 2.45) is 0 Å². The maximum absolute atomic E-state index is 10.0. The zero-order valence-electron chi connectivity index (χ0n) is 9.85. The molecule has 2 unspecified atom stereocenters. The first-order chi connectivity index (χ1) is 7.81. The van der Waals surface area contributed by atoms with Crippen molar-refractivity contribution in [3.63, 3.8) is 0 Å². The van der Waals surface area contributed by atoms with Crippen molar-refractivity contribution >= 4 is 0 Å². The molecule has 0 radical (unpaired) electrons. The molecule has 1 aromatic heterocycles. The summed E-state index contributed by atoms with van der Waals surface area (Å²) in [6.45, 7) is 2.09. The van der Waals surface area contributed by atoms with Crippen LogP contribution in [0.3, 0.4) is 0 Å². The smallest absolute Gasteiger partial charge is 0.232 e. The Morgan fingerprint density at radius 3 is 2.94 bits per heavy atom. The number of aromatic nitrogens is 2. The molecule has 1 saturated carbocycles. The highest BCUT2D eigenvalue weighted by Gasteiger charge is 2.27. The van der Waals surface area contributed by atoms with E-state index in [9.17, 15) is 5.11 Å². The lowest BCUT2D eigenvalue weighted by Gasteiger charge is -2.15. The molecule has 16 heavy (non-hydrogen) atoms. The average molecular weight is 224 g/mol. The van der Waals surface area contributed by atoms with Crippen LogP contribution < -0.4 is 0 Å². The maximum atomic E-state index is 10.0. The zero-order chi connectivity index (χ0) is 11.4. The summed E-state index contributed by atoms with van der Waals surface area (Å²) in [6, 6.07) is 0. The lowest BCUT2D eigenvalue weighted by molar-refractivity contribution is 0.119. The molecule has 0 aliphatic heterocycles. The quantitative estimate of drug-likeness (QED) is 0.801. The Balaban J connectivity index is 2.08. The lowest BCUT2D eigenvalue weighted by atomic mass is 9.97. The van der Waals surface area contributed by atoms with Gasteiger partial charge in [0.1, 0.15) is 0 Å². The summed E-state index contributed by atoms with van der Waals surface area (Å²) in [4.78, 5) is 4.38. The summed E-state index contributed by atoms with van der Waals surface area (Å²) >= 11 is 0. The highest BCUT2D eigenvalue weighted by Crippen LogP contribution is 2.30. The molecule has 1 fully saturated rings. The van der Waals surface area contributed by atoms with E-state index < -0.39 is 0 Å². The average Bonchev–Trinajstić information content (AvgIpc) is 2.61. The summed E-state index contributed by atoms with van der Waals surface area (Å²) in [7, 11) is 0. The van der Waals surface area contributed by atoms with Gasteiger partial charge in [0.2, 0.25) is 5.89 Å². The standard InChI is InChI=1S/C12H20N2O2/c1-2-6-11-13-12(16-14-11)9-7-4-3-5-8-10(9)15/h9-10,15H,2-8H2,1H3. The predicted molar refractivity (Wildman–Crippen MR) is 60.1 cm³/mol. The van der Waals surface area contributed by atoms with Crippen LogP contribution in [0.4, 0.5) is 0 Å². The summed E-state index contributed by atoms with van der Waals surface area (Å²) in [5.41, 5.74) is 0. The monoisotopic (exact) mass is 224 g/mol. The van der Waals surface area contributed by atoms with Crippen LogP contribution in [0.25, 0.3) is 0 Å². The lowest BCUT2D eigenvalue weighted by Crippen LogP contribution is -2.17. The number of rotatable bonds is 3. The first-order valence-corrected chi connectivity index (χ1v) is 6.31. The summed E-state index contributed by atoms with van der Waals surface area (Å²) < 4.78 is 5.26. The first kappa shape index (κ1) is 11.6. The van der Waals surface area contributed by atoms with Gasteiger partial charge in [0.15, 0.2) is 5.82 Å². The minimum atomic E-state index is -0.308. The van der Waals surface area contributed by atoms with Gasteiger partial charge in [-0.1, -0.05) is 31.3 Å². The molecule has 1 aliphatic rings. The Labute approximate surface area is 96.1 Å². The number of aryl methyl sites for hydroxylation is 1. The molecule has 4 nitrogen and oxygen atoms in total. The molecule has 1 N–H and O–H groups in total. The number of aliphatic hydroxyl groups excluding tert-OH is 1. The van der Waals surface area contributed by atoms with Crippen molar-refractivity contribution in [1.29, 1.82) is 0 Å². The predicted octanol–water partition coefficient (Wildman–Crippen LogP) is 2.43. The van der Waals surface area contributed by atoms with Crippen molar-refractivity contribution in [3.8, 4) is 0 Å². The molecule has 0 saturated heterocycles. The molecule has 2 atom stereocenters. The Hall–Kier alpha value is -0.900. The molecule has 1 aliphatic carbocycles. The van der Waals surface area contributed by atoms with Crippen LogP contribution in [0.5, 0.6) is 0 Å². The molecular formula is C12H20N2O2. The van der Waals surface area contributed by atoms with E-state index in [0.29, 0.717) is 5.89 Å². The van der Waals surface area contributed by atoms with Gasteiger partial charge in [-0.05, 0) is 19.3 Å². The second-order valence-electron chi connectivity index (χ2n) is 4.61. The van der Waals surface area contributed by atoms with Crippen molar-refractivity contribution in [2.45, 2.75) is 63.9 Å². The normalized spacial score (nSPS) is 26.6. The van der Waals surface area contributed by atoms with Gasteiger partial charge in [-0.2, -0.15) is 4.98 Å². The van der Waals surface area contributed by atoms with E-state index in [1.165, 1.54) is 6.42 Å². The van der Waals surface area contributed by atoms with Gasteiger partial charge in [-0.25, -0.2) is 0 Å². The van der Waals surface area contributed by atoms with Crippen molar-refractivity contribution in [1.82, 2.24) is 10.1 Å². The van der Waals surface area contributed by atoms with E-state index in [4.69, 9.17) is 4.52 Å². The highest BCUT2D eigenvalue weighted by atomic mass is 16.5. The van der Waals surface area contributed by atoms with Gasteiger partial charge in [-0.15, -0.1) is 0 Å². The van der Waals surface area contributed by atoms with E-state index in [0.717, 1.165) is 44.3 Å². The van der Waals surface area contributed by atoms with E-state index in [2.05, 4.69) is 17.1 Å². The van der Waals surface area contributed by atoms with Crippen molar-refractivity contribution in [3.05, 3.63) is 11.7 Å². The van der Waals surface area contributed by atoms with Crippen LogP contribution in [-0.4, -0.2) is 21.4 Å². The molecule has 1 aromatic rings. The second kappa shape index (κ2) is 5.43. The van der Waals surface area contributed by atoms with Gasteiger partial charge in [-0.3, -0.25) is 0 Å². The van der Waals surface area contributed by atoms with Crippen molar-refractivity contribution < 1.29 is 9.63 Å². The summed E-state index contributed by atoms with van der Waals surface area (Å²) in [5, 5.41) is 14.0. The fraction of sp³-hybridized carbons (Fsp3) is 0.833. The van der Waals surface area contributed by atoms with E-state index in [-0.39, 0.29) is 12.0 Å². The third kappa shape index (κ3) is 2.61. The molecule has 0 aromatic carbocycles. The molecule has 90 valence electrons. The van der Waals surface area contributed by atoms with E-state index in [1.807, 2.05) is 0 Å². The van der Waals surface area contributed by atoms with Gasteiger partial charge >= 0.3 is 0 Å². The Morgan fingerprint density at radius 2 is 2.12 bits per heavy atom. The largest absolute Gasteiger partial charge is 0.392 e. The van der Waals surface area contributed by atoms with Gasteiger partial charge in [0.25, 0.3) is 0 Å². The third-order valence-electron chi connectivity index (χ3n) is 3.25. The van der Waals surface area contributed by atoms with Crippen molar-refractivity contribution in [2.75, 3.05) is 0 Å². The Kier molecular flexibility index (Phi) is 3.93.